The van der Waals surface area contributed by atoms with E-state index in [1.54, 1.807) is 24.4 Å². The van der Waals surface area contributed by atoms with Crippen LogP contribution in [-0.2, 0) is 17.6 Å². The zero-order chi connectivity index (χ0) is 18.2. The van der Waals surface area contributed by atoms with E-state index >= 15 is 0 Å². The third kappa shape index (κ3) is 3.38. The maximum Gasteiger partial charge on any atom is 0.255 e. The minimum absolute atomic E-state index is 0.102. The van der Waals surface area contributed by atoms with Gasteiger partial charge in [0.2, 0.25) is 5.91 Å². The summed E-state index contributed by atoms with van der Waals surface area (Å²) >= 11 is 0. The number of halogens is 1. The van der Waals surface area contributed by atoms with Gasteiger partial charge in [-0.25, -0.2) is 4.39 Å². The first-order valence-corrected chi connectivity index (χ1v) is 8.20. The molecule has 1 aromatic carbocycles. The summed E-state index contributed by atoms with van der Waals surface area (Å²) in [6.45, 7) is 5.61. The van der Waals surface area contributed by atoms with Gasteiger partial charge in [-0.1, -0.05) is 20.8 Å². The normalized spacial score (nSPS) is 15.3. The molecule has 0 fully saturated rings. The van der Waals surface area contributed by atoms with Crippen LogP contribution < -0.4 is 10.6 Å². The highest BCUT2D eigenvalue weighted by molar-refractivity contribution is 6.05. The van der Waals surface area contributed by atoms with Crippen molar-refractivity contribution < 1.29 is 14.0 Å². The first kappa shape index (κ1) is 17.1. The summed E-state index contributed by atoms with van der Waals surface area (Å²) < 4.78 is 14.3. The molecule has 1 aromatic heterocycles. The quantitative estimate of drug-likeness (QED) is 0.897. The number of carbonyl (C=O) groups excluding carboxylic acids is 2. The van der Waals surface area contributed by atoms with E-state index in [0.717, 1.165) is 11.3 Å². The average Bonchev–Trinajstić information content (AvgIpc) is 2.57. The molecular formula is C19H20FN3O2. The standard InChI is InChI=1S/C19H20FN3O2/c1-4-13-7-11(5-6-21-13)17(24)22-16-8-12-10-19(2,3)18(25)23-15(12)9-14(16)20/h5-9H,4,10H2,1-3H3,(H,22,24)(H,23,25). The first-order chi connectivity index (χ1) is 11.8. The van der Waals surface area contributed by atoms with Crippen LogP contribution in [0.25, 0.3) is 0 Å². The van der Waals surface area contributed by atoms with Crippen LogP contribution in [-0.4, -0.2) is 16.8 Å². The summed E-state index contributed by atoms with van der Waals surface area (Å²) in [7, 11) is 0. The van der Waals surface area contributed by atoms with Crippen molar-refractivity contribution >= 4 is 23.2 Å². The van der Waals surface area contributed by atoms with Gasteiger partial charge in [0.1, 0.15) is 5.82 Å². The van der Waals surface area contributed by atoms with Gasteiger partial charge in [-0.05, 0) is 42.7 Å². The minimum Gasteiger partial charge on any atom is -0.325 e. The van der Waals surface area contributed by atoms with Crippen molar-refractivity contribution in [2.24, 2.45) is 5.41 Å². The van der Waals surface area contributed by atoms with Crippen molar-refractivity contribution in [3.05, 3.63) is 53.1 Å². The molecule has 0 radical (unpaired) electrons. The highest BCUT2D eigenvalue weighted by atomic mass is 19.1. The van der Waals surface area contributed by atoms with E-state index in [9.17, 15) is 14.0 Å². The molecule has 130 valence electrons. The van der Waals surface area contributed by atoms with Crippen molar-refractivity contribution in [3.63, 3.8) is 0 Å². The highest BCUT2D eigenvalue weighted by Crippen LogP contribution is 2.35. The van der Waals surface area contributed by atoms with Crippen LogP contribution in [0.1, 0.15) is 42.4 Å². The Hall–Kier alpha value is -2.76. The molecule has 5 nitrogen and oxygen atoms in total. The summed E-state index contributed by atoms with van der Waals surface area (Å²) in [5.74, 6) is -1.12. The van der Waals surface area contributed by atoms with Gasteiger partial charge >= 0.3 is 0 Å². The van der Waals surface area contributed by atoms with Gasteiger partial charge < -0.3 is 10.6 Å². The number of nitrogens with one attached hydrogen (secondary N) is 2. The third-order valence-corrected chi connectivity index (χ3v) is 4.38. The second kappa shape index (κ2) is 6.27. The number of pyridine rings is 1. The summed E-state index contributed by atoms with van der Waals surface area (Å²) in [5.41, 5.74) is 2.00. The Balaban J connectivity index is 1.88. The van der Waals surface area contributed by atoms with Crippen molar-refractivity contribution in [2.75, 3.05) is 10.6 Å². The van der Waals surface area contributed by atoms with Crippen molar-refractivity contribution in [1.82, 2.24) is 4.98 Å². The fourth-order valence-corrected chi connectivity index (χ4v) is 2.83. The molecule has 2 heterocycles. The lowest BCUT2D eigenvalue weighted by molar-refractivity contribution is -0.124. The summed E-state index contributed by atoms with van der Waals surface area (Å²) in [6, 6.07) is 6.12. The van der Waals surface area contributed by atoms with Crippen LogP contribution in [0.4, 0.5) is 15.8 Å². The first-order valence-electron chi connectivity index (χ1n) is 8.20. The van der Waals surface area contributed by atoms with Gasteiger partial charge in [0.05, 0.1) is 5.69 Å². The molecule has 1 aliphatic rings. The number of benzene rings is 1. The van der Waals surface area contributed by atoms with Crippen molar-refractivity contribution in [2.45, 2.75) is 33.6 Å². The number of rotatable bonds is 3. The second-order valence-corrected chi connectivity index (χ2v) is 6.85. The number of hydrogen-bond donors (Lipinski definition) is 2. The maximum absolute atomic E-state index is 14.3. The fraction of sp³-hybridized carbons (Fsp3) is 0.316. The predicted octanol–water partition coefficient (Wildman–Crippen LogP) is 3.56. The highest BCUT2D eigenvalue weighted by Gasteiger charge is 2.34. The van der Waals surface area contributed by atoms with Gasteiger partial charge in [0, 0.05) is 28.6 Å². The zero-order valence-corrected chi connectivity index (χ0v) is 14.4. The molecule has 0 unspecified atom stereocenters. The Morgan fingerprint density at radius 3 is 2.84 bits per heavy atom. The molecule has 25 heavy (non-hydrogen) atoms. The molecule has 0 saturated carbocycles. The molecule has 1 aliphatic heterocycles. The number of anilines is 2. The van der Waals surface area contributed by atoms with Crippen molar-refractivity contribution in [1.29, 1.82) is 0 Å². The van der Waals surface area contributed by atoms with E-state index in [1.165, 1.54) is 6.07 Å². The Morgan fingerprint density at radius 2 is 2.12 bits per heavy atom. The molecule has 2 amide bonds. The monoisotopic (exact) mass is 341 g/mol. The maximum atomic E-state index is 14.3. The van der Waals surface area contributed by atoms with E-state index < -0.39 is 17.1 Å². The molecule has 0 bridgehead atoms. The van der Waals surface area contributed by atoms with Gasteiger partial charge in [-0.3, -0.25) is 14.6 Å². The molecule has 0 aliphatic carbocycles. The van der Waals surface area contributed by atoms with Crippen LogP contribution in [0, 0.1) is 11.2 Å². The third-order valence-electron chi connectivity index (χ3n) is 4.38. The van der Waals surface area contributed by atoms with E-state index in [-0.39, 0.29) is 11.6 Å². The van der Waals surface area contributed by atoms with Gasteiger partial charge in [-0.15, -0.1) is 0 Å². The van der Waals surface area contributed by atoms with Gasteiger partial charge in [-0.2, -0.15) is 0 Å². The Labute approximate surface area is 145 Å². The van der Waals surface area contributed by atoms with Crippen LogP contribution in [0.3, 0.4) is 0 Å². The lowest BCUT2D eigenvalue weighted by Crippen LogP contribution is -2.37. The number of hydrogen-bond acceptors (Lipinski definition) is 3. The van der Waals surface area contributed by atoms with Crippen molar-refractivity contribution in [3.8, 4) is 0 Å². The number of aromatic nitrogens is 1. The number of aryl methyl sites for hydroxylation is 1. The minimum atomic E-state index is -0.586. The van der Waals surface area contributed by atoms with Crippen LogP contribution in [0.15, 0.2) is 30.5 Å². The number of amides is 2. The molecule has 0 atom stereocenters. The second-order valence-electron chi connectivity index (χ2n) is 6.85. The van der Waals surface area contributed by atoms with Gasteiger partial charge in [0.15, 0.2) is 0 Å². The lowest BCUT2D eigenvalue weighted by atomic mass is 9.81. The number of nitrogens with zero attached hydrogens (tertiary/aromatic N) is 1. The van der Waals surface area contributed by atoms with E-state index in [0.29, 0.717) is 24.1 Å². The van der Waals surface area contributed by atoms with E-state index in [2.05, 4.69) is 15.6 Å². The van der Waals surface area contributed by atoms with Crippen LogP contribution in [0.2, 0.25) is 0 Å². The fourth-order valence-electron chi connectivity index (χ4n) is 2.83. The smallest absolute Gasteiger partial charge is 0.255 e. The topological polar surface area (TPSA) is 71.1 Å². The summed E-state index contributed by atoms with van der Waals surface area (Å²) in [4.78, 5) is 28.5. The zero-order valence-electron chi connectivity index (χ0n) is 14.4. The Morgan fingerprint density at radius 1 is 1.36 bits per heavy atom. The van der Waals surface area contributed by atoms with E-state index in [4.69, 9.17) is 0 Å². The molecule has 0 spiro atoms. The summed E-state index contributed by atoms with van der Waals surface area (Å²) in [5, 5.41) is 5.33. The number of carbonyl (C=O) groups is 2. The van der Waals surface area contributed by atoms with Crippen LogP contribution >= 0.6 is 0 Å². The Kier molecular flexibility index (Phi) is 4.29. The summed E-state index contributed by atoms with van der Waals surface area (Å²) in [6.07, 6.45) is 2.75. The lowest BCUT2D eigenvalue weighted by Gasteiger charge is -2.30. The average molecular weight is 341 g/mol. The molecule has 0 saturated heterocycles. The molecule has 2 aromatic rings. The largest absolute Gasteiger partial charge is 0.325 e. The molecular weight excluding hydrogens is 321 g/mol. The number of fused-ring (bicyclic) bond motifs is 1. The Bertz CT molecular complexity index is 862. The molecule has 2 N–H and O–H groups in total. The van der Waals surface area contributed by atoms with Crippen LogP contribution in [0.5, 0.6) is 0 Å². The molecule has 3 rings (SSSR count). The SMILES string of the molecule is CCc1cc(C(=O)Nc2cc3c(cc2F)NC(=O)C(C)(C)C3)ccn1. The molecule has 6 heteroatoms. The van der Waals surface area contributed by atoms with E-state index in [1.807, 2.05) is 20.8 Å². The van der Waals surface area contributed by atoms with Gasteiger partial charge in [0.25, 0.3) is 5.91 Å². The predicted molar refractivity (Wildman–Crippen MR) is 94.1 cm³/mol.